The van der Waals surface area contributed by atoms with Gasteiger partial charge in [-0.25, -0.2) is 4.98 Å². The molecule has 0 aliphatic carbocycles. The standard InChI is InChI=1S/C23H18N4O4S/c1-13-10-11-15(12-19(13)27(29)30)21(28)26-23(32)25-17-8-5-6-16(14(17)2)22-24-18-7-3-4-9-20(18)31-22/h3-12H,1-2H3,(H2,25,26,28,32). The Hall–Kier alpha value is -4.11. The van der Waals surface area contributed by atoms with Crippen LogP contribution in [0.25, 0.3) is 22.6 Å². The summed E-state index contributed by atoms with van der Waals surface area (Å²) in [6.45, 7) is 3.50. The van der Waals surface area contributed by atoms with Gasteiger partial charge in [-0.1, -0.05) is 24.3 Å². The van der Waals surface area contributed by atoms with Crippen LogP contribution in [0.2, 0.25) is 0 Å². The molecule has 8 nitrogen and oxygen atoms in total. The van der Waals surface area contributed by atoms with Crippen LogP contribution in [0.4, 0.5) is 11.4 Å². The average molecular weight is 446 g/mol. The van der Waals surface area contributed by atoms with Gasteiger partial charge in [-0.3, -0.25) is 20.2 Å². The largest absolute Gasteiger partial charge is 0.436 e. The number of hydrogen-bond acceptors (Lipinski definition) is 6. The second kappa shape index (κ2) is 8.56. The van der Waals surface area contributed by atoms with E-state index in [9.17, 15) is 14.9 Å². The molecular weight excluding hydrogens is 428 g/mol. The first kappa shape index (κ1) is 21.1. The van der Waals surface area contributed by atoms with Gasteiger partial charge in [0.25, 0.3) is 11.6 Å². The first-order valence-corrected chi connectivity index (χ1v) is 10.1. The Bertz CT molecular complexity index is 1350. The van der Waals surface area contributed by atoms with Crippen molar-refractivity contribution in [2.75, 3.05) is 5.32 Å². The zero-order valence-corrected chi connectivity index (χ0v) is 18.0. The summed E-state index contributed by atoms with van der Waals surface area (Å²) >= 11 is 5.28. The molecule has 4 aromatic rings. The first-order valence-electron chi connectivity index (χ1n) is 9.66. The van der Waals surface area contributed by atoms with E-state index >= 15 is 0 Å². The molecule has 1 aromatic heterocycles. The lowest BCUT2D eigenvalue weighted by Gasteiger charge is -2.13. The van der Waals surface area contributed by atoms with Crippen LogP contribution in [-0.4, -0.2) is 20.9 Å². The van der Waals surface area contributed by atoms with Gasteiger partial charge < -0.3 is 9.73 Å². The SMILES string of the molecule is Cc1ccc(C(=O)NC(=S)Nc2cccc(-c3nc4ccccc4o3)c2C)cc1[N+](=O)[O-]. The van der Waals surface area contributed by atoms with Gasteiger partial charge in [-0.05, 0) is 62.0 Å². The summed E-state index contributed by atoms with van der Waals surface area (Å²) in [5.41, 5.74) is 4.23. The summed E-state index contributed by atoms with van der Waals surface area (Å²) in [5.74, 6) is -0.0624. The highest BCUT2D eigenvalue weighted by atomic mass is 32.1. The molecule has 1 amide bonds. The van der Waals surface area contributed by atoms with Crippen LogP contribution in [0.1, 0.15) is 21.5 Å². The number of nitro groups is 1. The lowest BCUT2D eigenvalue weighted by molar-refractivity contribution is -0.385. The Balaban J connectivity index is 1.52. The Kier molecular flexibility index (Phi) is 5.65. The van der Waals surface area contributed by atoms with E-state index in [0.29, 0.717) is 22.7 Å². The number of amides is 1. The highest BCUT2D eigenvalue weighted by Gasteiger charge is 2.17. The number of carbonyl (C=O) groups is 1. The zero-order valence-electron chi connectivity index (χ0n) is 17.2. The van der Waals surface area contributed by atoms with E-state index in [1.54, 1.807) is 6.92 Å². The number of oxazole rings is 1. The lowest BCUT2D eigenvalue weighted by atomic mass is 10.1. The monoisotopic (exact) mass is 446 g/mol. The van der Waals surface area contributed by atoms with Gasteiger partial charge >= 0.3 is 0 Å². The quantitative estimate of drug-likeness (QED) is 0.253. The number of thiocarbonyl (C=S) groups is 1. The van der Waals surface area contributed by atoms with Crippen molar-refractivity contribution < 1.29 is 14.1 Å². The summed E-state index contributed by atoms with van der Waals surface area (Å²) in [6, 6.07) is 17.3. The van der Waals surface area contributed by atoms with Gasteiger partial charge in [0, 0.05) is 28.4 Å². The van der Waals surface area contributed by atoms with Crippen LogP contribution in [0.5, 0.6) is 0 Å². The number of rotatable bonds is 4. The fraction of sp³-hybridized carbons (Fsp3) is 0.0870. The molecule has 9 heteroatoms. The van der Waals surface area contributed by atoms with E-state index in [2.05, 4.69) is 15.6 Å². The average Bonchev–Trinajstić information content (AvgIpc) is 3.19. The number of anilines is 1. The second-order valence-corrected chi connectivity index (χ2v) is 7.54. The van der Waals surface area contributed by atoms with Crippen molar-refractivity contribution in [2.24, 2.45) is 0 Å². The molecule has 0 saturated heterocycles. The molecule has 32 heavy (non-hydrogen) atoms. The van der Waals surface area contributed by atoms with E-state index in [4.69, 9.17) is 16.6 Å². The third-order valence-corrected chi connectivity index (χ3v) is 5.21. The van der Waals surface area contributed by atoms with Gasteiger partial charge in [-0.15, -0.1) is 0 Å². The summed E-state index contributed by atoms with van der Waals surface area (Å²) in [5, 5.41) is 16.7. The third-order valence-electron chi connectivity index (χ3n) is 5.00. The fourth-order valence-corrected chi connectivity index (χ4v) is 3.47. The van der Waals surface area contributed by atoms with Gasteiger partial charge in [-0.2, -0.15) is 0 Å². The molecule has 0 spiro atoms. The van der Waals surface area contributed by atoms with Crippen LogP contribution in [0.15, 0.2) is 65.1 Å². The molecule has 3 aromatic carbocycles. The molecule has 0 fully saturated rings. The van der Waals surface area contributed by atoms with E-state index in [1.807, 2.05) is 49.4 Å². The fourth-order valence-electron chi connectivity index (χ4n) is 3.27. The van der Waals surface area contributed by atoms with E-state index in [-0.39, 0.29) is 16.4 Å². The molecule has 0 aliphatic rings. The number of benzene rings is 3. The Morgan fingerprint density at radius 3 is 2.62 bits per heavy atom. The van der Waals surface area contributed by atoms with E-state index in [0.717, 1.165) is 16.6 Å². The van der Waals surface area contributed by atoms with Crippen molar-refractivity contribution >= 4 is 45.7 Å². The second-order valence-electron chi connectivity index (χ2n) is 7.13. The minimum absolute atomic E-state index is 0.0658. The summed E-state index contributed by atoms with van der Waals surface area (Å²) in [6.07, 6.45) is 0. The highest BCUT2D eigenvalue weighted by molar-refractivity contribution is 7.80. The Morgan fingerprint density at radius 1 is 1.09 bits per heavy atom. The van der Waals surface area contributed by atoms with Gasteiger partial charge in [0.1, 0.15) is 5.52 Å². The number of para-hydroxylation sites is 2. The molecule has 0 atom stereocenters. The van der Waals surface area contributed by atoms with E-state index in [1.165, 1.54) is 18.2 Å². The maximum absolute atomic E-state index is 12.5. The molecule has 0 saturated carbocycles. The minimum atomic E-state index is -0.543. The summed E-state index contributed by atoms with van der Waals surface area (Å²) < 4.78 is 5.86. The molecule has 4 rings (SSSR count). The zero-order chi connectivity index (χ0) is 22.8. The first-order chi connectivity index (χ1) is 15.3. The maximum atomic E-state index is 12.5. The van der Waals surface area contributed by atoms with Crippen molar-refractivity contribution in [3.05, 3.63) is 87.5 Å². The number of aromatic nitrogens is 1. The molecule has 0 unspecified atom stereocenters. The van der Waals surface area contributed by atoms with Crippen molar-refractivity contribution in [3.8, 4) is 11.5 Å². The molecule has 160 valence electrons. The predicted octanol–water partition coefficient (Wildman–Crippen LogP) is 5.15. The number of nitrogens with one attached hydrogen (secondary N) is 2. The van der Waals surface area contributed by atoms with Crippen LogP contribution in [-0.2, 0) is 0 Å². The van der Waals surface area contributed by atoms with Gasteiger partial charge in [0.2, 0.25) is 5.89 Å². The van der Waals surface area contributed by atoms with Crippen LogP contribution < -0.4 is 10.6 Å². The van der Waals surface area contributed by atoms with Crippen LogP contribution in [0.3, 0.4) is 0 Å². The minimum Gasteiger partial charge on any atom is -0.436 e. The van der Waals surface area contributed by atoms with Crippen molar-refractivity contribution in [1.82, 2.24) is 10.3 Å². The smallest absolute Gasteiger partial charge is 0.273 e. The Morgan fingerprint density at radius 2 is 1.88 bits per heavy atom. The van der Waals surface area contributed by atoms with Gasteiger partial charge in [0.05, 0.1) is 4.92 Å². The molecule has 0 aliphatic heterocycles. The lowest BCUT2D eigenvalue weighted by Crippen LogP contribution is -2.34. The van der Waals surface area contributed by atoms with Crippen molar-refractivity contribution in [1.29, 1.82) is 0 Å². The molecule has 1 heterocycles. The highest BCUT2D eigenvalue weighted by Crippen LogP contribution is 2.30. The molecule has 0 radical (unpaired) electrons. The number of aryl methyl sites for hydroxylation is 1. The summed E-state index contributed by atoms with van der Waals surface area (Å²) in [4.78, 5) is 27.6. The topological polar surface area (TPSA) is 110 Å². The number of fused-ring (bicyclic) bond motifs is 1. The number of nitrogens with zero attached hydrogens (tertiary/aromatic N) is 2. The van der Waals surface area contributed by atoms with Crippen molar-refractivity contribution in [2.45, 2.75) is 13.8 Å². The number of nitro benzene ring substituents is 1. The van der Waals surface area contributed by atoms with Crippen LogP contribution >= 0.6 is 12.2 Å². The normalized spacial score (nSPS) is 10.7. The summed E-state index contributed by atoms with van der Waals surface area (Å²) in [7, 11) is 0. The van der Waals surface area contributed by atoms with Crippen molar-refractivity contribution in [3.63, 3.8) is 0 Å². The van der Waals surface area contributed by atoms with Gasteiger partial charge in [0.15, 0.2) is 10.7 Å². The molecule has 2 N–H and O–H groups in total. The van der Waals surface area contributed by atoms with Crippen LogP contribution in [0, 0.1) is 24.0 Å². The molecule has 0 bridgehead atoms. The molecular formula is C23H18N4O4S. The maximum Gasteiger partial charge on any atom is 0.273 e. The Labute approximate surface area is 188 Å². The van der Waals surface area contributed by atoms with E-state index < -0.39 is 10.8 Å². The third kappa shape index (κ3) is 4.19. The predicted molar refractivity (Wildman–Crippen MR) is 126 cm³/mol. The number of carbonyl (C=O) groups excluding carboxylic acids is 1. The number of hydrogen-bond donors (Lipinski definition) is 2.